The van der Waals surface area contributed by atoms with Crippen molar-refractivity contribution >= 4 is 5.91 Å². The summed E-state index contributed by atoms with van der Waals surface area (Å²) in [4.78, 5) is 21.3. The van der Waals surface area contributed by atoms with Crippen LogP contribution in [0.4, 0.5) is 0 Å². The Morgan fingerprint density at radius 2 is 2.27 bits per heavy atom. The number of aromatic nitrogens is 2. The maximum Gasteiger partial charge on any atom is 0.257 e. The van der Waals surface area contributed by atoms with E-state index in [1.807, 2.05) is 18.0 Å². The highest BCUT2D eigenvalue weighted by atomic mass is 16.3. The van der Waals surface area contributed by atoms with Crippen LogP contribution < -0.4 is 0 Å². The van der Waals surface area contributed by atoms with E-state index >= 15 is 0 Å². The zero-order valence-corrected chi connectivity index (χ0v) is 13.3. The average Bonchev–Trinajstić information content (AvgIpc) is 3.02. The summed E-state index contributed by atoms with van der Waals surface area (Å²) in [6, 6.07) is 1.75. The molecular weight excluding hydrogens is 280 g/mol. The number of aryl methyl sites for hydroxylation is 1. The Labute approximate surface area is 130 Å². The van der Waals surface area contributed by atoms with Crippen LogP contribution in [-0.2, 0) is 13.1 Å². The van der Waals surface area contributed by atoms with Crippen molar-refractivity contribution in [2.45, 2.75) is 20.0 Å². The highest BCUT2D eigenvalue weighted by Gasteiger charge is 2.27. The van der Waals surface area contributed by atoms with E-state index in [2.05, 4.69) is 28.5 Å². The third-order valence-electron chi connectivity index (χ3n) is 4.07. The van der Waals surface area contributed by atoms with Gasteiger partial charge in [0.25, 0.3) is 5.91 Å². The quantitative estimate of drug-likeness (QED) is 0.864. The van der Waals surface area contributed by atoms with Crippen LogP contribution in [-0.4, -0.2) is 52.4 Å². The van der Waals surface area contributed by atoms with Crippen LogP contribution in [0.2, 0.25) is 0 Å². The third kappa shape index (κ3) is 2.92. The van der Waals surface area contributed by atoms with E-state index in [1.165, 1.54) is 0 Å². The van der Waals surface area contributed by atoms with Crippen molar-refractivity contribution in [3.8, 4) is 0 Å². The summed E-state index contributed by atoms with van der Waals surface area (Å²) >= 11 is 0. The smallest absolute Gasteiger partial charge is 0.257 e. The Morgan fingerprint density at radius 3 is 2.95 bits per heavy atom. The molecule has 22 heavy (non-hydrogen) atoms. The van der Waals surface area contributed by atoms with Crippen LogP contribution in [0.15, 0.2) is 29.1 Å². The second-order valence-corrected chi connectivity index (χ2v) is 6.20. The van der Waals surface area contributed by atoms with Crippen molar-refractivity contribution in [2.75, 3.05) is 27.2 Å². The molecule has 6 nitrogen and oxygen atoms in total. The van der Waals surface area contributed by atoms with Crippen molar-refractivity contribution in [1.82, 2.24) is 19.4 Å². The topological polar surface area (TPSA) is 54.5 Å². The average molecular weight is 302 g/mol. The van der Waals surface area contributed by atoms with Gasteiger partial charge in [0.2, 0.25) is 0 Å². The molecule has 0 aromatic carbocycles. The van der Waals surface area contributed by atoms with Gasteiger partial charge in [-0.25, -0.2) is 4.98 Å². The Balaban J connectivity index is 1.87. The van der Waals surface area contributed by atoms with Crippen molar-refractivity contribution in [3.05, 3.63) is 41.9 Å². The highest BCUT2D eigenvalue weighted by Crippen LogP contribution is 2.20. The summed E-state index contributed by atoms with van der Waals surface area (Å²) in [5.74, 6) is 2.01. The van der Waals surface area contributed by atoms with E-state index in [1.54, 1.807) is 18.5 Å². The molecule has 1 amide bonds. The number of carbonyl (C=O) groups excluding carboxylic acids is 1. The number of furan rings is 1. The number of fused-ring (bicyclic) bond motifs is 1. The van der Waals surface area contributed by atoms with Crippen LogP contribution in [0.5, 0.6) is 0 Å². The van der Waals surface area contributed by atoms with Gasteiger partial charge in [-0.15, -0.1) is 0 Å². The number of carbonyl (C=O) groups is 1. The van der Waals surface area contributed by atoms with Crippen molar-refractivity contribution in [3.63, 3.8) is 0 Å². The number of rotatable bonds is 3. The van der Waals surface area contributed by atoms with Gasteiger partial charge in [-0.3, -0.25) is 4.79 Å². The molecule has 0 spiro atoms. The number of hydrogen-bond acceptors (Lipinski definition) is 4. The third-order valence-corrected chi connectivity index (χ3v) is 4.07. The van der Waals surface area contributed by atoms with Crippen molar-refractivity contribution in [2.24, 2.45) is 5.92 Å². The first kappa shape index (κ1) is 14.8. The second kappa shape index (κ2) is 5.96. The molecule has 2 aromatic heterocycles. The van der Waals surface area contributed by atoms with Gasteiger partial charge in [0.15, 0.2) is 0 Å². The molecule has 0 N–H and O–H groups in total. The summed E-state index contributed by atoms with van der Waals surface area (Å²) in [7, 11) is 4.12. The fourth-order valence-electron chi connectivity index (χ4n) is 3.10. The Hall–Kier alpha value is -2.08. The lowest BCUT2D eigenvalue weighted by Crippen LogP contribution is -2.37. The number of amides is 1. The van der Waals surface area contributed by atoms with Gasteiger partial charge in [-0.1, -0.05) is 0 Å². The van der Waals surface area contributed by atoms with Crippen LogP contribution >= 0.6 is 0 Å². The zero-order chi connectivity index (χ0) is 15.7. The van der Waals surface area contributed by atoms with E-state index in [0.717, 1.165) is 25.5 Å². The molecule has 3 rings (SSSR count). The molecule has 0 bridgehead atoms. The summed E-state index contributed by atoms with van der Waals surface area (Å²) in [5, 5.41) is 0. The summed E-state index contributed by atoms with van der Waals surface area (Å²) in [6.45, 7) is 4.92. The SMILES string of the molecule is Cc1occc1C(=O)N1Cc2nccn2CC(CN(C)C)C1. The largest absolute Gasteiger partial charge is 0.469 e. The van der Waals surface area contributed by atoms with E-state index in [-0.39, 0.29) is 5.91 Å². The van der Waals surface area contributed by atoms with Crippen LogP contribution in [0.25, 0.3) is 0 Å². The predicted molar refractivity (Wildman–Crippen MR) is 82.5 cm³/mol. The Morgan fingerprint density at radius 1 is 1.45 bits per heavy atom. The molecular formula is C16H22N4O2. The summed E-state index contributed by atoms with van der Waals surface area (Å²) < 4.78 is 7.43. The van der Waals surface area contributed by atoms with E-state index < -0.39 is 0 Å². The first-order valence-corrected chi connectivity index (χ1v) is 7.52. The minimum absolute atomic E-state index is 0.0199. The van der Waals surface area contributed by atoms with Crippen molar-refractivity contribution in [1.29, 1.82) is 0 Å². The number of nitrogens with zero attached hydrogens (tertiary/aromatic N) is 4. The number of imidazole rings is 1. The Bertz CT molecular complexity index is 659. The molecule has 1 atom stereocenters. The molecule has 0 saturated heterocycles. The number of hydrogen-bond donors (Lipinski definition) is 0. The second-order valence-electron chi connectivity index (χ2n) is 6.20. The first-order chi connectivity index (χ1) is 10.5. The molecule has 118 valence electrons. The lowest BCUT2D eigenvalue weighted by atomic mass is 10.1. The van der Waals surface area contributed by atoms with Gasteiger partial charge in [-0.2, -0.15) is 0 Å². The van der Waals surface area contributed by atoms with E-state index in [0.29, 0.717) is 23.8 Å². The maximum absolute atomic E-state index is 12.8. The Kier molecular flexibility index (Phi) is 4.02. The molecule has 6 heteroatoms. The van der Waals surface area contributed by atoms with E-state index in [9.17, 15) is 4.79 Å². The lowest BCUT2D eigenvalue weighted by molar-refractivity contribution is 0.0708. The van der Waals surface area contributed by atoms with Gasteiger partial charge >= 0.3 is 0 Å². The van der Waals surface area contributed by atoms with Gasteiger partial charge in [-0.05, 0) is 27.1 Å². The molecule has 2 aromatic rings. The molecule has 1 aliphatic heterocycles. The fraction of sp³-hybridized carbons (Fsp3) is 0.500. The van der Waals surface area contributed by atoms with Gasteiger partial charge in [0.1, 0.15) is 11.6 Å². The monoisotopic (exact) mass is 302 g/mol. The molecule has 0 aliphatic carbocycles. The predicted octanol–water partition coefficient (Wildman–Crippen LogP) is 1.62. The first-order valence-electron chi connectivity index (χ1n) is 7.52. The maximum atomic E-state index is 12.8. The highest BCUT2D eigenvalue weighted by molar-refractivity contribution is 5.95. The minimum Gasteiger partial charge on any atom is -0.469 e. The lowest BCUT2D eigenvalue weighted by Gasteiger charge is -2.25. The molecule has 0 radical (unpaired) electrons. The van der Waals surface area contributed by atoms with Gasteiger partial charge in [0.05, 0.1) is 18.4 Å². The van der Waals surface area contributed by atoms with Gasteiger partial charge in [0, 0.05) is 37.9 Å². The minimum atomic E-state index is 0.0199. The van der Waals surface area contributed by atoms with Crippen LogP contribution in [0.1, 0.15) is 21.9 Å². The molecule has 0 saturated carbocycles. The van der Waals surface area contributed by atoms with Crippen molar-refractivity contribution < 1.29 is 9.21 Å². The standard InChI is InChI=1S/C16H22N4O2/c1-12-14(4-7-22-12)16(21)20-10-13(8-18(2)3)9-19-6-5-17-15(19)11-20/h4-7,13H,8-11H2,1-3H3. The zero-order valence-electron chi connectivity index (χ0n) is 13.3. The molecule has 1 aliphatic rings. The molecule has 3 heterocycles. The summed E-state index contributed by atoms with van der Waals surface area (Å²) in [6.07, 6.45) is 5.37. The van der Waals surface area contributed by atoms with Crippen LogP contribution in [0.3, 0.4) is 0 Å². The van der Waals surface area contributed by atoms with Gasteiger partial charge < -0.3 is 18.8 Å². The molecule has 1 unspecified atom stereocenters. The normalized spacial score (nSPS) is 18.4. The fourth-order valence-corrected chi connectivity index (χ4v) is 3.10. The van der Waals surface area contributed by atoms with Crippen LogP contribution in [0, 0.1) is 12.8 Å². The summed E-state index contributed by atoms with van der Waals surface area (Å²) in [5.41, 5.74) is 0.642. The van der Waals surface area contributed by atoms with E-state index in [4.69, 9.17) is 4.42 Å². The molecule has 0 fully saturated rings.